The zero-order valence-electron chi connectivity index (χ0n) is 14.7. The van der Waals surface area contributed by atoms with Crippen molar-refractivity contribution in [2.75, 3.05) is 0 Å². The molecule has 0 aromatic carbocycles. The van der Waals surface area contributed by atoms with Crippen LogP contribution in [0.5, 0.6) is 0 Å². The van der Waals surface area contributed by atoms with E-state index in [1.165, 1.54) is 0 Å². The molecule has 0 amide bonds. The lowest BCUT2D eigenvalue weighted by molar-refractivity contribution is -0.137. The smallest absolute Gasteiger partial charge is 0.303 e. The molecule has 1 saturated carbocycles. The van der Waals surface area contributed by atoms with Crippen molar-refractivity contribution in [1.29, 1.82) is 0 Å². The van der Waals surface area contributed by atoms with Gasteiger partial charge in [0.15, 0.2) is 5.78 Å². The van der Waals surface area contributed by atoms with Crippen molar-refractivity contribution in [3.63, 3.8) is 0 Å². The predicted octanol–water partition coefficient (Wildman–Crippen LogP) is 4.49. The highest BCUT2D eigenvalue weighted by Gasteiger charge is 2.31. The zero-order valence-corrected chi connectivity index (χ0v) is 14.7. The van der Waals surface area contributed by atoms with Crippen LogP contribution in [0.25, 0.3) is 0 Å². The summed E-state index contributed by atoms with van der Waals surface area (Å²) in [5.41, 5.74) is 0. The molecule has 1 aliphatic rings. The summed E-state index contributed by atoms with van der Waals surface area (Å²) < 4.78 is 0. The highest BCUT2D eigenvalue weighted by Crippen LogP contribution is 2.32. The molecule has 1 rings (SSSR count). The topological polar surface area (TPSA) is 71.4 Å². The predicted molar refractivity (Wildman–Crippen MR) is 94.8 cm³/mol. The van der Waals surface area contributed by atoms with Gasteiger partial charge in [-0.15, -0.1) is 0 Å². The second-order valence-electron chi connectivity index (χ2n) is 6.55. The first kappa shape index (κ1) is 20.3. The van der Waals surface area contributed by atoms with Gasteiger partial charge >= 0.3 is 5.97 Å². The van der Waals surface area contributed by atoms with E-state index in [9.17, 15) is 14.4 Å². The molecule has 0 saturated heterocycles. The minimum absolute atomic E-state index is 0.00417. The van der Waals surface area contributed by atoms with Gasteiger partial charge in [-0.2, -0.15) is 0 Å². The van der Waals surface area contributed by atoms with E-state index in [0.717, 1.165) is 38.5 Å². The molecule has 1 aliphatic carbocycles. The Kier molecular flexibility index (Phi) is 9.97. The Morgan fingerprint density at radius 1 is 1.17 bits per heavy atom. The van der Waals surface area contributed by atoms with Crippen molar-refractivity contribution >= 4 is 17.5 Å². The van der Waals surface area contributed by atoms with Crippen molar-refractivity contribution < 1.29 is 19.5 Å². The summed E-state index contributed by atoms with van der Waals surface area (Å²) >= 11 is 0. The van der Waals surface area contributed by atoms with E-state index in [1.54, 1.807) is 6.08 Å². The zero-order chi connectivity index (χ0) is 17.8. The third-order valence-corrected chi connectivity index (χ3v) is 4.53. The van der Waals surface area contributed by atoms with Crippen LogP contribution in [-0.4, -0.2) is 22.6 Å². The summed E-state index contributed by atoms with van der Waals surface area (Å²) in [5.74, 6) is -0.126. The Morgan fingerprint density at radius 2 is 1.96 bits per heavy atom. The van der Waals surface area contributed by atoms with E-state index < -0.39 is 5.97 Å². The van der Waals surface area contributed by atoms with Gasteiger partial charge in [-0.05, 0) is 50.5 Å². The molecule has 1 N–H and O–H groups in total. The summed E-state index contributed by atoms with van der Waals surface area (Å²) in [6, 6.07) is 0. The molecule has 0 spiro atoms. The van der Waals surface area contributed by atoms with Crippen molar-refractivity contribution in [3.05, 3.63) is 24.3 Å². The lowest BCUT2D eigenvalue weighted by atomic mass is 9.91. The van der Waals surface area contributed by atoms with Gasteiger partial charge in [-0.25, -0.2) is 0 Å². The average Bonchev–Trinajstić information content (AvgIpc) is 2.90. The number of carboxylic acid groups (broad SMARTS) is 1. The molecular weight excluding hydrogens is 304 g/mol. The molecule has 0 heterocycles. The standard InChI is InChI=1S/C20H30O4/c1-2-3-9-17(21)14-12-16-13-15-19(22)18(16)10-7-5-4-6-8-11-20(23)24/h5,7,12,14,16,18H,2-4,6,8-11,13,15H2,1H3,(H,23,24). The van der Waals surface area contributed by atoms with Crippen molar-refractivity contribution in [2.24, 2.45) is 11.8 Å². The first-order valence-corrected chi connectivity index (χ1v) is 9.15. The average molecular weight is 334 g/mol. The van der Waals surface area contributed by atoms with Gasteiger partial charge in [0, 0.05) is 25.2 Å². The molecule has 1 fully saturated rings. The van der Waals surface area contributed by atoms with Gasteiger partial charge in [-0.1, -0.05) is 31.6 Å². The summed E-state index contributed by atoms with van der Waals surface area (Å²) in [4.78, 5) is 34.2. The van der Waals surface area contributed by atoms with E-state index >= 15 is 0 Å². The second kappa shape index (κ2) is 11.8. The number of carbonyl (C=O) groups is 3. The molecule has 0 aromatic rings. The Hall–Kier alpha value is -1.71. The van der Waals surface area contributed by atoms with E-state index in [-0.39, 0.29) is 24.0 Å². The maximum absolute atomic E-state index is 12.0. The Morgan fingerprint density at radius 3 is 2.67 bits per heavy atom. The van der Waals surface area contributed by atoms with E-state index in [2.05, 4.69) is 6.92 Å². The molecule has 24 heavy (non-hydrogen) atoms. The van der Waals surface area contributed by atoms with Crippen LogP contribution in [0.2, 0.25) is 0 Å². The van der Waals surface area contributed by atoms with Crippen LogP contribution in [0, 0.1) is 11.8 Å². The molecule has 134 valence electrons. The van der Waals surface area contributed by atoms with Crippen molar-refractivity contribution in [3.8, 4) is 0 Å². The molecular formula is C20H30O4. The number of hydrogen-bond acceptors (Lipinski definition) is 3. The van der Waals surface area contributed by atoms with Gasteiger partial charge in [0.2, 0.25) is 0 Å². The van der Waals surface area contributed by atoms with Gasteiger partial charge in [0.05, 0.1) is 0 Å². The number of carboxylic acids is 1. The third kappa shape index (κ3) is 8.23. The fourth-order valence-electron chi connectivity index (χ4n) is 3.04. The van der Waals surface area contributed by atoms with Gasteiger partial charge in [0.1, 0.15) is 5.78 Å². The largest absolute Gasteiger partial charge is 0.481 e. The molecule has 0 aromatic heterocycles. The van der Waals surface area contributed by atoms with Crippen LogP contribution in [0.15, 0.2) is 24.3 Å². The quantitative estimate of drug-likeness (QED) is 0.324. The molecule has 2 atom stereocenters. The van der Waals surface area contributed by atoms with Gasteiger partial charge in [-0.3, -0.25) is 14.4 Å². The number of hydrogen-bond donors (Lipinski definition) is 1. The van der Waals surface area contributed by atoms with Crippen molar-refractivity contribution in [2.45, 2.75) is 71.1 Å². The Balaban J connectivity index is 2.35. The molecule has 0 bridgehead atoms. The lowest BCUT2D eigenvalue weighted by Crippen LogP contribution is -2.12. The highest BCUT2D eigenvalue weighted by molar-refractivity contribution is 5.90. The van der Waals surface area contributed by atoms with Gasteiger partial charge in [0.25, 0.3) is 0 Å². The maximum atomic E-state index is 12.0. The molecule has 2 unspecified atom stereocenters. The molecule has 4 nitrogen and oxygen atoms in total. The first-order chi connectivity index (χ1) is 11.5. The van der Waals surface area contributed by atoms with Crippen LogP contribution in [0.4, 0.5) is 0 Å². The Labute approximate surface area is 145 Å². The van der Waals surface area contributed by atoms with Crippen LogP contribution in [-0.2, 0) is 14.4 Å². The fourth-order valence-corrected chi connectivity index (χ4v) is 3.04. The SMILES string of the molecule is CCCCC(=O)C=CC1CCC(=O)C1CC=CCCCCC(=O)O. The number of Topliss-reactive ketones (excluding diaryl/α,β-unsaturated/α-hetero) is 1. The maximum Gasteiger partial charge on any atom is 0.303 e. The third-order valence-electron chi connectivity index (χ3n) is 4.53. The highest BCUT2D eigenvalue weighted by atomic mass is 16.4. The monoisotopic (exact) mass is 334 g/mol. The summed E-state index contributed by atoms with van der Waals surface area (Å²) in [7, 11) is 0. The number of aliphatic carboxylic acids is 1. The van der Waals surface area contributed by atoms with Crippen LogP contribution >= 0.6 is 0 Å². The van der Waals surface area contributed by atoms with E-state index in [4.69, 9.17) is 5.11 Å². The minimum atomic E-state index is -0.751. The minimum Gasteiger partial charge on any atom is -0.481 e. The number of unbranched alkanes of at least 4 members (excludes halogenated alkanes) is 3. The molecule has 4 heteroatoms. The second-order valence-corrected chi connectivity index (χ2v) is 6.55. The normalized spacial score (nSPS) is 21.1. The number of carbonyl (C=O) groups excluding carboxylic acids is 2. The number of rotatable bonds is 12. The summed E-state index contributed by atoms with van der Waals surface area (Å²) in [6.45, 7) is 2.07. The fraction of sp³-hybridized carbons (Fsp3) is 0.650. The Bertz CT molecular complexity index is 476. The number of ketones is 2. The molecule has 0 aliphatic heterocycles. The van der Waals surface area contributed by atoms with Crippen LogP contribution in [0.1, 0.15) is 71.1 Å². The first-order valence-electron chi connectivity index (χ1n) is 9.15. The van der Waals surface area contributed by atoms with Gasteiger partial charge < -0.3 is 5.11 Å². The van der Waals surface area contributed by atoms with Crippen molar-refractivity contribution in [1.82, 2.24) is 0 Å². The van der Waals surface area contributed by atoms with E-state index in [0.29, 0.717) is 25.0 Å². The number of allylic oxidation sites excluding steroid dienone is 4. The summed E-state index contributed by atoms with van der Waals surface area (Å²) in [6.07, 6.45) is 15.0. The van der Waals surface area contributed by atoms with E-state index in [1.807, 2.05) is 18.2 Å². The lowest BCUT2D eigenvalue weighted by Gasteiger charge is -2.12. The summed E-state index contributed by atoms with van der Waals surface area (Å²) in [5, 5.41) is 8.57. The van der Waals surface area contributed by atoms with Crippen LogP contribution < -0.4 is 0 Å². The molecule has 0 radical (unpaired) electrons. The van der Waals surface area contributed by atoms with Crippen LogP contribution in [0.3, 0.4) is 0 Å².